The molecule has 106 valence electrons. The zero-order valence-corrected chi connectivity index (χ0v) is 12.5. The summed E-state index contributed by atoms with van der Waals surface area (Å²) >= 11 is 0. The summed E-state index contributed by atoms with van der Waals surface area (Å²) in [5.41, 5.74) is 6.31. The quantitative estimate of drug-likeness (QED) is 0.816. The zero-order valence-electron chi connectivity index (χ0n) is 12.5. The van der Waals surface area contributed by atoms with Gasteiger partial charge in [0.15, 0.2) is 0 Å². The first kappa shape index (κ1) is 14.3. The summed E-state index contributed by atoms with van der Waals surface area (Å²) in [6, 6.07) is 0. The zero-order chi connectivity index (χ0) is 13.3. The van der Waals surface area contributed by atoms with Gasteiger partial charge in [-0.15, -0.1) is 0 Å². The first-order chi connectivity index (χ1) is 8.48. The van der Waals surface area contributed by atoms with Crippen molar-refractivity contribution in [2.45, 2.75) is 51.7 Å². The van der Waals surface area contributed by atoms with Gasteiger partial charge in [-0.25, -0.2) is 0 Å². The van der Waals surface area contributed by atoms with Crippen molar-refractivity contribution in [3.8, 4) is 0 Å². The van der Waals surface area contributed by atoms with Crippen molar-refractivity contribution in [2.75, 3.05) is 26.7 Å². The molecule has 1 heterocycles. The Bertz CT molecular complexity index is 282. The lowest BCUT2D eigenvalue weighted by molar-refractivity contribution is -0.0824. The summed E-state index contributed by atoms with van der Waals surface area (Å²) in [6.07, 6.45) is 3.96. The van der Waals surface area contributed by atoms with Crippen LogP contribution in [0.4, 0.5) is 0 Å². The van der Waals surface area contributed by atoms with E-state index in [1.54, 1.807) is 0 Å². The van der Waals surface area contributed by atoms with Crippen molar-refractivity contribution in [3.63, 3.8) is 0 Å². The SMILES string of the molecule is CC(C)C1CC(CN)(N(C)CC2CC2C)CCO1. The normalized spacial score (nSPS) is 40.5. The maximum atomic E-state index is 6.14. The van der Waals surface area contributed by atoms with Crippen LogP contribution in [0.5, 0.6) is 0 Å². The van der Waals surface area contributed by atoms with E-state index in [-0.39, 0.29) is 5.54 Å². The monoisotopic (exact) mass is 254 g/mol. The molecule has 0 radical (unpaired) electrons. The van der Waals surface area contributed by atoms with E-state index in [0.717, 1.165) is 37.8 Å². The van der Waals surface area contributed by atoms with Crippen LogP contribution in [0.1, 0.15) is 40.0 Å². The molecule has 2 N–H and O–H groups in total. The van der Waals surface area contributed by atoms with Gasteiger partial charge in [0.05, 0.1) is 6.10 Å². The maximum Gasteiger partial charge on any atom is 0.0616 e. The van der Waals surface area contributed by atoms with Crippen molar-refractivity contribution in [1.82, 2.24) is 4.90 Å². The predicted molar refractivity (Wildman–Crippen MR) is 75.5 cm³/mol. The van der Waals surface area contributed by atoms with E-state index in [1.165, 1.54) is 13.0 Å². The van der Waals surface area contributed by atoms with Crippen molar-refractivity contribution in [2.24, 2.45) is 23.5 Å². The Hall–Kier alpha value is -0.120. The molecule has 4 atom stereocenters. The first-order valence-electron chi connectivity index (χ1n) is 7.51. The molecular weight excluding hydrogens is 224 g/mol. The van der Waals surface area contributed by atoms with Crippen LogP contribution in [-0.2, 0) is 4.74 Å². The molecule has 0 aromatic rings. The smallest absolute Gasteiger partial charge is 0.0616 e. The van der Waals surface area contributed by atoms with E-state index in [9.17, 15) is 0 Å². The van der Waals surface area contributed by atoms with Crippen molar-refractivity contribution in [3.05, 3.63) is 0 Å². The summed E-state index contributed by atoms with van der Waals surface area (Å²) < 4.78 is 5.91. The predicted octanol–water partition coefficient (Wildman–Crippen LogP) is 2.11. The third kappa shape index (κ3) is 2.89. The fourth-order valence-corrected chi connectivity index (χ4v) is 3.25. The number of likely N-dealkylation sites (N-methyl/N-ethyl adjacent to an activating group) is 1. The lowest BCUT2D eigenvalue weighted by Gasteiger charge is -2.47. The molecule has 2 fully saturated rings. The lowest BCUT2D eigenvalue weighted by atomic mass is 9.82. The molecule has 3 heteroatoms. The first-order valence-corrected chi connectivity index (χ1v) is 7.51. The van der Waals surface area contributed by atoms with Crippen LogP contribution in [0.2, 0.25) is 0 Å². The van der Waals surface area contributed by atoms with Gasteiger partial charge in [0.2, 0.25) is 0 Å². The molecule has 1 aliphatic carbocycles. The Morgan fingerprint density at radius 2 is 2.11 bits per heavy atom. The van der Waals surface area contributed by atoms with E-state index in [1.807, 2.05) is 0 Å². The molecule has 1 aliphatic heterocycles. The number of hydrogen-bond acceptors (Lipinski definition) is 3. The molecule has 1 saturated heterocycles. The minimum atomic E-state index is 0.176. The second-order valence-corrected chi connectivity index (χ2v) is 6.89. The summed E-state index contributed by atoms with van der Waals surface area (Å²) in [5, 5.41) is 0. The van der Waals surface area contributed by atoms with Gasteiger partial charge in [0.1, 0.15) is 0 Å². The van der Waals surface area contributed by atoms with Crippen LogP contribution < -0.4 is 5.73 Å². The van der Waals surface area contributed by atoms with Gasteiger partial charge in [-0.05, 0) is 44.1 Å². The van der Waals surface area contributed by atoms with Gasteiger partial charge in [0, 0.05) is 25.2 Å². The molecule has 18 heavy (non-hydrogen) atoms. The molecule has 1 saturated carbocycles. The average molecular weight is 254 g/mol. The number of rotatable bonds is 5. The van der Waals surface area contributed by atoms with Gasteiger partial charge in [-0.3, -0.25) is 4.90 Å². The van der Waals surface area contributed by atoms with E-state index in [4.69, 9.17) is 10.5 Å². The highest BCUT2D eigenvalue weighted by Gasteiger charge is 2.43. The van der Waals surface area contributed by atoms with Gasteiger partial charge in [0.25, 0.3) is 0 Å². The molecule has 2 rings (SSSR count). The van der Waals surface area contributed by atoms with Crippen molar-refractivity contribution in [1.29, 1.82) is 0 Å². The third-order valence-electron chi connectivity index (χ3n) is 5.20. The molecule has 3 nitrogen and oxygen atoms in total. The Balaban J connectivity index is 1.99. The highest BCUT2D eigenvalue weighted by Crippen LogP contribution is 2.41. The van der Waals surface area contributed by atoms with Gasteiger partial charge in [-0.1, -0.05) is 20.8 Å². The summed E-state index contributed by atoms with van der Waals surface area (Å²) in [7, 11) is 2.26. The van der Waals surface area contributed by atoms with E-state index >= 15 is 0 Å². The van der Waals surface area contributed by atoms with Gasteiger partial charge >= 0.3 is 0 Å². The van der Waals surface area contributed by atoms with Crippen LogP contribution in [0.25, 0.3) is 0 Å². The van der Waals surface area contributed by atoms with Crippen LogP contribution in [-0.4, -0.2) is 43.3 Å². The Morgan fingerprint density at radius 1 is 1.44 bits per heavy atom. The van der Waals surface area contributed by atoms with Crippen LogP contribution in [0, 0.1) is 17.8 Å². The third-order valence-corrected chi connectivity index (χ3v) is 5.20. The number of nitrogens with zero attached hydrogens (tertiary/aromatic N) is 1. The maximum absolute atomic E-state index is 6.14. The summed E-state index contributed by atoms with van der Waals surface area (Å²) in [5.74, 6) is 2.41. The van der Waals surface area contributed by atoms with Crippen LogP contribution in [0.3, 0.4) is 0 Å². The van der Waals surface area contributed by atoms with E-state index in [2.05, 4.69) is 32.7 Å². The molecule has 0 aromatic heterocycles. The summed E-state index contributed by atoms with van der Waals surface area (Å²) in [4.78, 5) is 2.54. The Kier molecular flexibility index (Phi) is 4.35. The van der Waals surface area contributed by atoms with Crippen LogP contribution >= 0.6 is 0 Å². The minimum Gasteiger partial charge on any atom is -0.378 e. The lowest BCUT2D eigenvalue weighted by Crippen LogP contribution is -2.58. The fraction of sp³-hybridized carbons (Fsp3) is 1.00. The molecule has 0 bridgehead atoms. The molecule has 4 unspecified atom stereocenters. The van der Waals surface area contributed by atoms with Crippen molar-refractivity contribution < 1.29 is 4.74 Å². The van der Waals surface area contributed by atoms with E-state index in [0.29, 0.717) is 12.0 Å². The van der Waals surface area contributed by atoms with Gasteiger partial charge in [-0.2, -0.15) is 0 Å². The highest BCUT2D eigenvalue weighted by molar-refractivity contribution is 4.98. The summed E-state index contributed by atoms with van der Waals surface area (Å²) in [6.45, 7) is 9.69. The van der Waals surface area contributed by atoms with Crippen LogP contribution in [0.15, 0.2) is 0 Å². The standard InChI is InChI=1S/C15H30N2O/c1-11(2)14-8-15(10-16,5-6-18-14)17(4)9-13-7-12(13)3/h11-14H,5-10,16H2,1-4H3. The number of nitrogens with two attached hydrogens (primary N) is 1. The molecular formula is C15H30N2O. The second kappa shape index (κ2) is 5.48. The Labute approximate surface area is 112 Å². The topological polar surface area (TPSA) is 38.5 Å². The highest BCUT2D eigenvalue weighted by atomic mass is 16.5. The van der Waals surface area contributed by atoms with E-state index < -0.39 is 0 Å². The Morgan fingerprint density at radius 3 is 2.61 bits per heavy atom. The fourth-order valence-electron chi connectivity index (χ4n) is 3.25. The molecule has 0 aromatic carbocycles. The second-order valence-electron chi connectivity index (χ2n) is 6.89. The average Bonchev–Trinajstić information content (AvgIpc) is 3.04. The number of hydrogen-bond donors (Lipinski definition) is 1. The molecule has 0 amide bonds. The molecule has 2 aliphatic rings. The largest absolute Gasteiger partial charge is 0.378 e. The van der Waals surface area contributed by atoms with Crippen molar-refractivity contribution >= 4 is 0 Å². The van der Waals surface area contributed by atoms with Gasteiger partial charge < -0.3 is 10.5 Å². The number of ether oxygens (including phenoxy) is 1. The minimum absolute atomic E-state index is 0.176. The molecule has 0 spiro atoms.